The smallest absolute Gasteiger partial charge is 0.410 e. The van der Waals surface area contributed by atoms with Gasteiger partial charge in [0.1, 0.15) is 11.3 Å². The first-order valence-corrected chi connectivity index (χ1v) is 9.87. The summed E-state index contributed by atoms with van der Waals surface area (Å²) in [6.45, 7) is 7.79. The maximum absolute atomic E-state index is 13.1. The van der Waals surface area contributed by atoms with Crippen LogP contribution in [0.2, 0.25) is 0 Å². The Labute approximate surface area is 171 Å². The van der Waals surface area contributed by atoms with Crippen LogP contribution in [0.3, 0.4) is 0 Å². The lowest BCUT2D eigenvalue weighted by molar-refractivity contribution is 0.0285. The molecule has 0 radical (unpaired) electrons. The molecule has 1 aliphatic heterocycles. The fourth-order valence-electron chi connectivity index (χ4n) is 3.41. The third kappa shape index (κ3) is 5.79. The average molecular weight is 399 g/mol. The van der Waals surface area contributed by atoms with Crippen LogP contribution in [-0.2, 0) is 18.3 Å². The van der Waals surface area contributed by atoms with Crippen molar-refractivity contribution in [1.82, 2.24) is 24.6 Å². The first kappa shape index (κ1) is 20.8. The number of amides is 2. The van der Waals surface area contributed by atoms with Crippen molar-refractivity contribution in [1.29, 1.82) is 0 Å². The molecule has 8 nitrogen and oxygen atoms in total. The zero-order chi connectivity index (χ0) is 21.0. The number of aryl methyl sites for hydroxylation is 1. The highest BCUT2D eigenvalue weighted by Gasteiger charge is 2.32. The number of ether oxygens (including phenoxy) is 1. The molecule has 1 atom stereocenters. The van der Waals surface area contributed by atoms with Crippen molar-refractivity contribution in [2.45, 2.75) is 39.3 Å². The van der Waals surface area contributed by atoms with Gasteiger partial charge in [-0.3, -0.25) is 14.5 Å². The van der Waals surface area contributed by atoms with Gasteiger partial charge in [-0.1, -0.05) is 6.07 Å². The molecule has 0 bridgehead atoms. The molecule has 2 aromatic rings. The average Bonchev–Trinajstić information content (AvgIpc) is 3.29. The lowest BCUT2D eigenvalue weighted by atomic mass is 10.1. The second-order valence-electron chi connectivity index (χ2n) is 8.50. The molecule has 3 rings (SSSR count). The van der Waals surface area contributed by atoms with Crippen molar-refractivity contribution in [3.63, 3.8) is 0 Å². The molecule has 1 unspecified atom stereocenters. The Morgan fingerprint density at radius 1 is 1.31 bits per heavy atom. The molecule has 1 fully saturated rings. The lowest BCUT2D eigenvalue weighted by Gasteiger charge is -2.26. The van der Waals surface area contributed by atoms with Crippen LogP contribution in [0.15, 0.2) is 36.8 Å². The fraction of sp³-hybridized carbons (Fsp3) is 0.524. The molecule has 29 heavy (non-hydrogen) atoms. The molecule has 3 heterocycles. The molecule has 2 amide bonds. The minimum absolute atomic E-state index is 0.120. The van der Waals surface area contributed by atoms with Gasteiger partial charge in [0, 0.05) is 51.8 Å². The number of hydrogen-bond acceptors (Lipinski definition) is 5. The molecule has 1 aliphatic rings. The van der Waals surface area contributed by atoms with E-state index in [9.17, 15) is 9.59 Å². The van der Waals surface area contributed by atoms with Crippen LogP contribution in [0, 0.1) is 5.92 Å². The Balaban J connectivity index is 1.68. The summed E-state index contributed by atoms with van der Waals surface area (Å²) < 4.78 is 7.10. The number of carbonyl (C=O) groups excluding carboxylic acids is 2. The predicted octanol–water partition coefficient (Wildman–Crippen LogP) is 2.71. The molecule has 1 saturated heterocycles. The molecule has 0 spiro atoms. The lowest BCUT2D eigenvalue weighted by Crippen LogP contribution is -2.38. The van der Waals surface area contributed by atoms with Crippen LogP contribution in [-0.4, -0.2) is 61.8 Å². The Hall–Kier alpha value is -2.90. The van der Waals surface area contributed by atoms with Gasteiger partial charge in [0.2, 0.25) is 0 Å². The summed E-state index contributed by atoms with van der Waals surface area (Å²) in [5.74, 6) is 0.0667. The summed E-state index contributed by atoms with van der Waals surface area (Å²) in [5, 5.41) is 4.26. The number of carbonyl (C=O) groups is 2. The van der Waals surface area contributed by atoms with Crippen molar-refractivity contribution in [2.75, 3.05) is 19.6 Å². The third-order valence-corrected chi connectivity index (χ3v) is 4.73. The van der Waals surface area contributed by atoms with Crippen LogP contribution in [0.25, 0.3) is 0 Å². The van der Waals surface area contributed by atoms with Gasteiger partial charge in [0.25, 0.3) is 5.91 Å². The van der Waals surface area contributed by atoms with Gasteiger partial charge in [-0.15, -0.1) is 0 Å². The summed E-state index contributed by atoms with van der Waals surface area (Å²) in [6, 6.07) is 5.53. The third-order valence-electron chi connectivity index (χ3n) is 4.73. The highest BCUT2D eigenvalue weighted by molar-refractivity contribution is 5.92. The largest absolute Gasteiger partial charge is 0.444 e. The first-order chi connectivity index (χ1) is 13.7. The number of pyridine rings is 1. The van der Waals surface area contributed by atoms with E-state index in [1.807, 2.05) is 32.9 Å². The Morgan fingerprint density at radius 3 is 2.72 bits per heavy atom. The van der Waals surface area contributed by atoms with Crippen LogP contribution in [0.5, 0.6) is 0 Å². The van der Waals surface area contributed by atoms with E-state index in [2.05, 4.69) is 10.1 Å². The Kier molecular flexibility index (Phi) is 6.20. The van der Waals surface area contributed by atoms with Crippen LogP contribution in [0.4, 0.5) is 4.79 Å². The van der Waals surface area contributed by atoms with Crippen LogP contribution < -0.4 is 0 Å². The number of likely N-dealkylation sites (tertiary alicyclic amines) is 1. The zero-order valence-electron chi connectivity index (χ0n) is 17.5. The molecule has 156 valence electrons. The van der Waals surface area contributed by atoms with E-state index in [-0.39, 0.29) is 17.9 Å². The SMILES string of the molecule is Cn1ccc(C(=O)N(Cc2cccnc2)CC2CCN(C(=O)OC(C)(C)C)C2)n1. The maximum Gasteiger partial charge on any atom is 0.410 e. The summed E-state index contributed by atoms with van der Waals surface area (Å²) in [4.78, 5) is 33.1. The molecule has 2 aromatic heterocycles. The topological polar surface area (TPSA) is 80.6 Å². The molecular formula is C21H29N5O3. The van der Waals surface area contributed by atoms with Crippen molar-refractivity contribution in [3.8, 4) is 0 Å². The van der Waals surface area contributed by atoms with E-state index in [4.69, 9.17) is 4.74 Å². The fourth-order valence-corrected chi connectivity index (χ4v) is 3.41. The molecular weight excluding hydrogens is 370 g/mol. The quantitative estimate of drug-likeness (QED) is 0.772. The minimum atomic E-state index is -0.517. The van der Waals surface area contributed by atoms with Crippen LogP contribution >= 0.6 is 0 Å². The number of aromatic nitrogens is 3. The molecule has 0 aromatic carbocycles. The van der Waals surface area contributed by atoms with Crippen molar-refractivity contribution in [2.24, 2.45) is 13.0 Å². The van der Waals surface area contributed by atoms with E-state index in [0.29, 0.717) is 31.9 Å². The summed E-state index contributed by atoms with van der Waals surface area (Å²) in [5.41, 5.74) is 0.855. The van der Waals surface area contributed by atoms with E-state index in [1.165, 1.54) is 0 Å². The van der Waals surface area contributed by atoms with Gasteiger partial charge in [-0.05, 0) is 50.8 Å². The highest BCUT2D eigenvalue weighted by Crippen LogP contribution is 2.22. The number of hydrogen-bond donors (Lipinski definition) is 0. The van der Waals surface area contributed by atoms with Crippen molar-refractivity contribution in [3.05, 3.63) is 48.0 Å². The first-order valence-electron chi connectivity index (χ1n) is 9.87. The van der Waals surface area contributed by atoms with E-state index >= 15 is 0 Å². The van der Waals surface area contributed by atoms with Gasteiger partial charge < -0.3 is 14.5 Å². The summed E-state index contributed by atoms with van der Waals surface area (Å²) >= 11 is 0. The predicted molar refractivity (Wildman–Crippen MR) is 108 cm³/mol. The van der Waals surface area contributed by atoms with Gasteiger partial charge in [-0.25, -0.2) is 4.79 Å². The molecule has 8 heteroatoms. The van der Waals surface area contributed by atoms with Gasteiger partial charge in [-0.2, -0.15) is 5.10 Å². The molecule has 0 saturated carbocycles. The van der Waals surface area contributed by atoms with E-state index in [0.717, 1.165) is 12.0 Å². The second kappa shape index (κ2) is 8.63. The van der Waals surface area contributed by atoms with Gasteiger partial charge >= 0.3 is 6.09 Å². The van der Waals surface area contributed by atoms with Crippen LogP contribution in [0.1, 0.15) is 43.2 Å². The Morgan fingerprint density at radius 2 is 2.10 bits per heavy atom. The van der Waals surface area contributed by atoms with Crippen molar-refractivity contribution < 1.29 is 14.3 Å². The minimum Gasteiger partial charge on any atom is -0.444 e. The Bertz CT molecular complexity index is 844. The summed E-state index contributed by atoms with van der Waals surface area (Å²) in [7, 11) is 1.79. The summed E-state index contributed by atoms with van der Waals surface area (Å²) in [6.07, 6.45) is 5.77. The molecule has 0 N–H and O–H groups in total. The van der Waals surface area contributed by atoms with Gasteiger partial charge in [0.05, 0.1) is 0 Å². The normalized spacial score (nSPS) is 16.7. The zero-order valence-corrected chi connectivity index (χ0v) is 17.5. The molecule has 0 aliphatic carbocycles. The van der Waals surface area contributed by atoms with E-state index in [1.54, 1.807) is 46.2 Å². The van der Waals surface area contributed by atoms with E-state index < -0.39 is 5.60 Å². The second-order valence-corrected chi connectivity index (χ2v) is 8.50. The van der Waals surface area contributed by atoms with Gasteiger partial charge in [0.15, 0.2) is 0 Å². The standard InChI is InChI=1S/C21H29N5O3/c1-21(2,3)29-20(28)25-11-7-17(14-25)15-26(13-16-6-5-9-22-12-16)19(27)18-8-10-24(4)23-18/h5-6,8-10,12,17H,7,11,13-15H2,1-4H3. The number of nitrogens with zero attached hydrogens (tertiary/aromatic N) is 5. The highest BCUT2D eigenvalue weighted by atomic mass is 16.6. The maximum atomic E-state index is 13.1. The number of rotatable bonds is 5. The van der Waals surface area contributed by atoms with Crippen molar-refractivity contribution >= 4 is 12.0 Å². The monoisotopic (exact) mass is 399 g/mol.